The molecule has 0 aliphatic carbocycles. The Morgan fingerprint density at radius 3 is 2.00 bits per heavy atom. The van der Waals surface area contributed by atoms with Crippen molar-refractivity contribution in [2.75, 3.05) is 38.0 Å². The molecule has 17 heteroatoms. The molecule has 0 heterocycles. The van der Waals surface area contributed by atoms with Crippen LogP contribution in [0, 0.1) is 5.92 Å². The quantitative estimate of drug-likeness (QED) is 0.0924. The molecule has 1 aromatic rings. The number of rotatable bonds is 19. The molecule has 17 nitrogen and oxygen atoms in total. The number of likely N-dealkylation sites (N-methyl/N-ethyl adjacent to an activating group) is 1. The van der Waals surface area contributed by atoms with Gasteiger partial charge in [-0.15, -0.1) is 0 Å². The number of aliphatic carboxylic acids is 1. The van der Waals surface area contributed by atoms with Gasteiger partial charge in [0.1, 0.15) is 12.6 Å². The third-order valence-corrected chi connectivity index (χ3v) is 6.13. The first-order valence-corrected chi connectivity index (χ1v) is 17.3. The number of primary amides is 1. The first kappa shape index (κ1) is 50.6. The number of amides is 6. The number of carboxylic acid groups (broad SMARTS) is 1. The zero-order valence-corrected chi connectivity index (χ0v) is 31.7. The van der Waals surface area contributed by atoms with Gasteiger partial charge < -0.3 is 53.2 Å². The van der Waals surface area contributed by atoms with Gasteiger partial charge in [-0.2, -0.15) is 0 Å². The molecule has 0 aliphatic heterocycles. The summed E-state index contributed by atoms with van der Waals surface area (Å²) in [6, 6.07) is 2.27. The van der Waals surface area contributed by atoms with E-state index in [1.165, 1.54) is 25.1 Å². The van der Waals surface area contributed by atoms with Crippen molar-refractivity contribution in [2.45, 2.75) is 100 Å². The molecule has 11 N–H and O–H groups in total. The second kappa shape index (κ2) is 31.2. The van der Waals surface area contributed by atoms with Gasteiger partial charge in [-0.3, -0.25) is 28.8 Å². The lowest BCUT2D eigenvalue weighted by Gasteiger charge is -2.25. The van der Waals surface area contributed by atoms with Gasteiger partial charge in [0, 0.05) is 49.8 Å². The maximum atomic E-state index is 12.8. The van der Waals surface area contributed by atoms with Gasteiger partial charge in [0.05, 0.1) is 12.6 Å². The Labute approximate surface area is 302 Å². The Morgan fingerprint density at radius 2 is 1.53 bits per heavy atom. The highest BCUT2D eigenvalue weighted by atomic mass is 16.5. The first-order chi connectivity index (χ1) is 24.2. The molecule has 2 atom stereocenters. The number of urea groups is 1. The van der Waals surface area contributed by atoms with Crippen molar-refractivity contribution in [1.29, 1.82) is 0 Å². The van der Waals surface area contributed by atoms with Crippen molar-refractivity contribution in [3.8, 4) is 0 Å². The van der Waals surface area contributed by atoms with E-state index in [1.807, 2.05) is 34.6 Å². The number of ether oxygens (including phenoxy) is 1. The van der Waals surface area contributed by atoms with E-state index >= 15 is 0 Å². The van der Waals surface area contributed by atoms with E-state index < -0.39 is 60.2 Å². The van der Waals surface area contributed by atoms with Crippen LogP contribution in [0.4, 0.5) is 10.5 Å². The highest BCUT2D eigenvalue weighted by molar-refractivity contribution is 6.00. The minimum absolute atomic E-state index is 0.0513. The number of anilines is 1. The largest absolute Gasteiger partial charge is 0.481 e. The van der Waals surface area contributed by atoms with Crippen LogP contribution in [0.3, 0.4) is 0 Å². The molecule has 0 saturated heterocycles. The topological polar surface area (TPSA) is 273 Å². The van der Waals surface area contributed by atoms with Crippen molar-refractivity contribution in [2.24, 2.45) is 17.4 Å². The number of esters is 1. The maximum Gasteiger partial charge on any atom is 0.312 e. The maximum absolute atomic E-state index is 12.8. The van der Waals surface area contributed by atoms with Crippen LogP contribution in [-0.2, 0) is 35.3 Å². The van der Waals surface area contributed by atoms with Gasteiger partial charge in [-0.25, -0.2) is 4.79 Å². The highest BCUT2D eigenvalue weighted by Crippen LogP contribution is 2.17. The molecule has 0 aliphatic rings. The van der Waals surface area contributed by atoms with Gasteiger partial charge in [-0.1, -0.05) is 61.5 Å². The first-order valence-electron chi connectivity index (χ1n) is 17.3. The SMILES string of the molecule is CC.CC.CCCNC(N)=O.CCNC(CCC(=O)O)C(=O)NC(C(=O)NCC(=O)Nc1ccc(COC(C)=O)c(C(=O)NCCN)c1)C(C)C. The summed E-state index contributed by atoms with van der Waals surface area (Å²) in [5.41, 5.74) is 11.0. The van der Waals surface area contributed by atoms with E-state index in [4.69, 9.17) is 21.3 Å². The molecule has 1 rings (SSSR count). The highest BCUT2D eigenvalue weighted by Gasteiger charge is 2.28. The minimum atomic E-state index is -1.04. The Morgan fingerprint density at radius 1 is 0.902 bits per heavy atom. The van der Waals surface area contributed by atoms with E-state index in [0.717, 1.165) is 6.42 Å². The second-order valence-electron chi connectivity index (χ2n) is 10.5. The van der Waals surface area contributed by atoms with Gasteiger partial charge >= 0.3 is 18.0 Å². The fraction of sp³-hybridized carbons (Fsp3) is 0.618. The number of carbonyl (C=O) groups excluding carboxylic acids is 6. The number of hydrogen-bond donors (Lipinski definition) is 9. The smallest absolute Gasteiger partial charge is 0.312 e. The fourth-order valence-electron chi connectivity index (χ4n) is 3.81. The monoisotopic (exact) mass is 726 g/mol. The Balaban J connectivity index is -0.00000183. The van der Waals surface area contributed by atoms with Crippen LogP contribution in [-0.4, -0.2) is 91.5 Å². The van der Waals surface area contributed by atoms with Gasteiger partial charge in [-0.05, 0) is 37.4 Å². The van der Waals surface area contributed by atoms with Gasteiger partial charge in [0.15, 0.2) is 0 Å². The average Bonchev–Trinajstić information content (AvgIpc) is 3.10. The van der Waals surface area contributed by atoms with Crippen LogP contribution in [0.2, 0.25) is 0 Å². The lowest BCUT2D eigenvalue weighted by molar-refractivity contribution is -0.142. The lowest BCUT2D eigenvalue weighted by Crippen LogP contribution is -2.55. The van der Waals surface area contributed by atoms with Gasteiger partial charge in [0.2, 0.25) is 17.7 Å². The van der Waals surface area contributed by atoms with Crippen LogP contribution in [0.15, 0.2) is 18.2 Å². The van der Waals surface area contributed by atoms with E-state index in [-0.39, 0.29) is 49.7 Å². The van der Waals surface area contributed by atoms with Crippen molar-refractivity contribution in [3.63, 3.8) is 0 Å². The number of hydrogen-bond acceptors (Lipinski definition) is 10. The molecule has 2 unspecified atom stereocenters. The third-order valence-electron chi connectivity index (χ3n) is 6.13. The number of nitrogens with two attached hydrogens (primary N) is 2. The van der Waals surface area contributed by atoms with Gasteiger partial charge in [0.25, 0.3) is 5.91 Å². The third kappa shape index (κ3) is 24.9. The van der Waals surface area contributed by atoms with Crippen LogP contribution < -0.4 is 43.4 Å². The lowest BCUT2D eigenvalue weighted by atomic mass is 10.0. The predicted octanol–water partition coefficient (Wildman–Crippen LogP) is 1.59. The van der Waals surface area contributed by atoms with Crippen molar-refractivity contribution < 1.29 is 43.4 Å². The summed E-state index contributed by atoms with van der Waals surface area (Å²) in [5.74, 6) is -4.05. The molecule has 0 saturated carbocycles. The summed E-state index contributed by atoms with van der Waals surface area (Å²) >= 11 is 0. The standard InChI is InChI=1S/C26H40N6O8.C4H10N2O.2C2H6/c1-5-28-20(8-9-22(35)36)25(38)32-23(15(2)3)26(39)30-13-21(34)31-18-7-6-17(14-40-16(4)33)19(12-18)24(37)29-11-10-27;1-2-3-6-4(5)7;2*1-2/h6-7,12,15,20,23,28H,5,8-11,13-14,27H2,1-4H3,(H,29,37)(H,30,39)(H,31,34)(H,32,38)(H,35,36);2-3H2,1H3,(H3,5,6,7);2*1-2H3. The predicted molar refractivity (Wildman–Crippen MR) is 197 cm³/mol. The van der Waals surface area contributed by atoms with Crippen LogP contribution >= 0.6 is 0 Å². The number of benzene rings is 1. The molecule has 1 aromatic carbocycles. The number of carbonyl (C=O) groups is 7. The molecular weight excluding hydrogens is 664 g/mol. The molecule has 292 valence electrons. The van der Waals surface area contributed by atoms with E-state index in [9.17, 15) is 33.6 Å². The Hall–Kier alpha value is -4.77. The van der Waals surface area contributed by atoms with Crippen molar-refractivity contribution in [1.82, 2.24) is 26.6 Å². The summed E-state index contributed by atoms with van der Waals surface area (Å²) in [5, 5.41) is 24.6. The fourth-order valence-corrected chi connectivity index (χ4v) is 3.81. The van der Waals surface area contributed by atoms with Crippen molar-refractivity contribution in [3.05, 3.63) is 29.3 Å². The molecule has 0 aromatic heterocycles. The number of nitrogens with one attached hydrogen (secondary N) is 6. The van der Waals surface area contributed by atoms with E-state index in [1.54, 1.807) is 20.8 Å². The zero-order chi connectivity index (χ0) is 39.9. The summed E-state index contributed by atoms with van der Waals surface area (Å²) in [6.07, 6.45) is 0.767. The molecular formula is C34H62N8O9. The number of carboxylic acids is 1. The molecule has 51 heavy (non-hydrogen) atoms. The normalized spacial score (nSPS) is 10.9. The molecule has 0 bridgehead atoms. The Bertz CT molecular complexity index is 1210. The summed E-state index contributed by atoms with van der Waals surface area (Å²) in [7, 11) is 0. The van der Waals surface area contributed by atoms with Crippen LogP contribution in [0.1, 0.15) is 97.5 Å². The van der Waals surface area contributed by atoms with Crippen LogP contribution in [0.25, 0.3) is 0 Å². The van der Waals surface area contributed by atoms with E-state index in [2.05, 4.69) is 31.9 Å². The average molecular weight is 727 g/mol. The second-order valence-corrected chi connectivity index (χ2v) is 10.5. The summed E-state index contributed by atoms with van der Waals surface area (Å²) < 4.78 is 4.99. The summed E-state index contributed by atoms with van der Waals surface area (Å²) in [6.45, 7) is 17.4. The molecule has 6 amide bonds. The Kier molecular flexibility index (Phi) is 31.0. The summed E-state index contributed by atoms with van der Waals surface area (Å²) in [4.78, 5) is 82.6. The molecule has 0 fully saturated rings. The van der Waals surface area contributed by atoms with Crippen molar-refractivity contribution >= 4 is 47.3 Å². The molecule has 0 spiro atoms. The molecule has 0 radical (unpaired) electrons. The van der Waals surface area contributed by atoms with E-state index in [0.29, 0.717) is 18.7 Å². The van der Waals surface area contributed by atoms with Crippen LogP contribution in [0.5, 0.6) is 0 Å². The minimum Gasteiger partial charge on any atom is -0.481 e. The zero-order valence-electron chi connectivity index (χ0n) is 31.7.